The standard InChI is InChI=1S/C14H22N2O3/c1-10-11(19-13(15-10)14(2,3)4)9-12(17)16-5-7-18-8-6-16/h5-9H2,1-4H3. The first kappa shape index (κ1) is 14.1. The summed E-state index contributed by atoms with van der Waals surface area (Å²) >= 11 is 0. The highest BCUT2D eigenvalue weighted by Gasteiger charge is 2.25. The molecule has 1 aliphatic heterocycles. The number of nitrogens with zero attached hydrogens (tertiary/aromatic N) is 2. The number of rotatable bonds is 2. The summed E-state index contributed by atoms with van der Waals surface area (Å²) in [6.07, 6.45) is 0.287. The molecular weight excluding hydrogens is 244 g/mol. The average Bonchev–Trinajstić information content (AvgIpc) is 2.72. The molecular formula is C14H22N2O3. The first-order valence-electron chi connectivity index (χ1n) is 6.70. The van der Waals surface area contributed by atoms with Crippen molar-refractivity contribution in [1.29, 1.82) is 0 Å². The zero-order valence-corrected chi connectivity index (χ0v) is 12.2. The summed E-state index contributed by atoms with van der Waals surface area (Å²) < 4.78 is 11.0. The Balaban J connectivity index is 2.06. The van der Waals surface area contributed by atoms with Gasteiger partial charge in [0.05, 0.1) is 25.3 Å². The number of carbonyl (C=O) groups is 1. The first-order valence-corrected chi connectivity index (χ1v) is 6.70. The van der Waals surface area contributed by atoms with Gasteiger partial charge in [0.1, 0.15) is 5.76 Å². The van der Waals surface area contributed by atoms with Crippen molar-refractivity contribution >= 4 is 5.91 Å². The Morgan fingerprint density at radius 3 is 2.47 bits per heavy atom. The van der Waals surface area contributed by atoms with E-state index in [2.05, 4.69) is 4.98 Å². The van der Waals surface area contributed by atoms with E-state index in [9.17, 15) is 4.79 Å². The molecule has 1 aliphatic rings. The van der Waals surface area contributed by atoms with Crippen molar-refractivity contribution in [2.75, 3.05) is 26.3 Å². The van der Waals surface area contributed by atoms with E-state index in [1.165, 1.54) is 0 Å². The summed E-state index contributed by atoms with van der Waals surface area (Å²) in [6.45, 7) is 10.6. The fraction of sp³-hybridized carbons (Fsp3) is 0.714. The smallest absolute Gasteiger partial charge is 0.230 e. The van der Waals surface area contributed by atoms with Gasteiger partial charge in [-0.3, -0.25) is 4.79 Å². The molecule has 106 valence electrons. The Hall–Kier alpha value is -1.36. The number of hydrogen-bond donors (Lipinski definition) is 0. The van der Waals surface area contributed by atoms with Gasteiger partial charge in [0, 0.05) is 18.5 Å². The van der Waals surface area contributed by atoms with Gasteiger partial charge in [0.25, 0.3) is 0 Å². The Labute approximate surface area is 113 Å². The zero-order chi connectivity index (χ0) is 14.0. The number of aryl methyl sites for hydroxylation is 1. The largest absolute Gasteiger partial charge is 0.444 e. The molecule has 0 radical (unpaired) electrons. The fourth-order valence-corrected chi connectivity index (χ4v) is 1.97. The molecule has 0 aromatic carbocycles. The third-order valence-corrected chi connectivity index (χ3v) is 3.21. The molecule has 0 aliphatic carbocycles. The number of oxazole rings is 1. The summed E-state index contributed by atoms with van der Waals surface area (Å²) in [4.78, 5) is 18.4. The predicted octanol–water partition coefficient (Wildman–Crippen LogP) is 1.68. The van der Waals surface area contributed by atoms with Gasteiger partial charge in [-0.05, 0) is 6.92 Å². The second kappa shape index (κ2) is 5.33. The molecule has 0 saturated carbocycles. The lowest BCUT2D eigenvalue weighted by molar-refractivity contribution is -0.134. The molecule has 1 saturated heterocycles. The predicted molar refractivity (Wildman–Crippen MR) is 71.0 cm³/mol. The number of morpholine rings is 1. The van der Waals surface area contributed by atoms with Gasteiger partial charge < -0.3 is 14.1 Å². The zero-order valence-electron chi connectivity index (χ0n) is 12.2. The lowest BCUT2D eigenvalue weighted by atomic mass is 9.97. The molecule has 5 heteroatoms. The highest BCUT2D eigenvalue weighted by atomic mass is 16.5. The lowest BCUT2D eigenvalue weighted by Crippen LogP contribution is -2.41. The molecule has 1 fully saturated rings. The minimum atomic E-state index is -0.134. The van der Waals surface area contributed by atoms with Gasteiger partial charge in [-0.15, -0.1) is 0 Å². The minimum absolute atomic E-state index is 0.0861. The molecule has 2 heterocycles. The topological polar surface area (TPSA) is 55.6 Å². The van der Waals surface area contributed by atoms with Gasteiger partial charge in [0.2, 0.25) is 5.91 Å². The molecule has 5 nitrogen and oxygen atoms in total. The van der Waals surface area contributed by atoms with Gasteiger partial charge in [0.15, 0.2) is 5.89 Å². The molecule has 1 aromatic rings. The van der Waals surface area contributed by atoms with Gasteiger partial charge in [-0.1, -0.05) is 20.8 Å². The highest BCUT2D eigenvalue weighted by molar-refractivity contribution is 5.78. The molecule has 19 heavy (non-hydrogen) atoms. The molecule has 0 spiro atoms. The Morgan fingerprint density at radius 1 is 1.32 bits per heavy atom. The van der Waals surface area contributed by atoms with Crippen molar-refractivity contribution in [2.45, 2.75) is 39.5 Å². The van der Waals surface area contributed by atoms with E-state index in [-0.39, 0.29) is 17.7 Å². The normalized spacial score (nSPS) is 16.7. The summed E-state index contributed by atoms with van der Waals surface area (Å²) in [5.41, 5.74) is 0.678. The van der Waals surface area contributed by atoms with Crippen LogP contribution in [0.1, 0.15) is 38.1 Å². The quantitative estimate of drug-likeness (QED) is 0.817. The Morgan fingerprint density at radius 2 is 1.95 bits per heavy atom. The highest BCUT2D eigenvalue weighted by Crippen LogP contribution is 2.24. The maximum absolute atomic E-state index is 12.2. The Bertz CT molecular complexity index is 454. The summed E-state index contributed by atoms with van der Waals surface area (Å²) in [7, 11) is 0. The third-order valence-electron chi connectivity index (χ3n) is 3.21. The number of carbonyl (C=O) groups excluding carboxylic acids is 1. The van der Waals surface area contributed by atoms with Crippen LogP contribution in [0.5, 0.6) is 0 Å². The van der Waals surface area contributed by atoms with E-state index >= 15 is 0 Å². The van der Waals surface area contributed by atoms with Gasteiger partial charge >= 0.3 is 0 Å². The van der Waals surface area contributed by atoms with Gasteiger partial charge in [-0.25, -0.2) is 4.98 Å². The van der Waals surface area contributed by atoms with E-state index in [4.69, 9.17) is 9.15 Å². The van der Waals surface area contributed by atoms with Crippen LogP contribution in [0.15, 0.2) is 4.42 Å². The molecule has 1 aromatic heterocycles. The van der Waals surface area contributed by atoms with Crippen LogP contribution in [0, 0.1) is 6.92 Å². The second-order valence-electron chi connectivity index (χ2n) is 5.95. The van der Waals surface area contributed by atoms with Crippen LogP contribution in [-0.4, -0.2) is 42.1 Å². The average molecular weight is 266 g/mol. The summed E-state index contributed by atoms with van der Waals surface area (Å²) in [5, 5.41) is 0. The van der Waals surface area contributed by atoms with Crippen LogP contribution < -0.4 is 0 Å². The number of amides is 1. The molecule has 0 atom stereocenters. The van der Waals surface area contributed by atoms with Crippen LogP contribution >= 0.6 is 0 Å². The van der Waals surface area contributed by atoms with Gasteiger partial charge in [-0.2, -0.15) is 0 Å². The van der Waals surface area contributed by atoms with Crippen LogP contribution in [0.4, 0.5) is 0 Å². The summed E-state index contributed by atoms with van der Waals surface area (Å²) in [5.74, 6) is 1.46. The van der Waals surface area contributed by atoms with Crippen molar-refractivity contribution in [3.63, 3.8) is 0 Å². The molecule has 0 bridgehead atoms. The van der Waals surface area contributed by atoms with Crippen molar-refractivity contribution < 1.29 is 13.9 Å². The first-order chi connectivity index (χ1) is 8.88. The molecule has 2 rings (SSSR count). The number of aromatic nitrogens is 1. The number of ether oxygens (including phenoxy) is 1. The molecule has 0 N–H and O–H groups in total. The third kappa shape index (κ3) is 3.35. The fourth-order valence-electron chi connectivity index (χ4n) is 1.97. The van der Waals surface area contributed by atoms with Crippen molar-refractivity contribution in [3.05, 3.63) is 17.3 Å². The van der Waals surface area contributed by atoms with E-state index < -0.39 is 0 Å². The van der Waals surface area contributed by atoms with Crippen molar-refractivity contribution in [3.8, 4) is 0 Å². The molecule has 0 unspecified atom stereocenters. The maximum atomic E-state index is 12.2. The molecule has 1 amide bonds. The van der Waals surface area contributed by atoms with E-state index in [0.717, 1.165) is 5.69 Å². The maximum Gasteiger partial charge on any atom is 0.230 e. The summed E-state index contributed by atoms with van der Waals surface area (Å²) in [6, 6.07) is 0. The van der Waals surface area contributed by atoms with E-state index in [1.807, 2.05) is 32.6 Å². The minimum Gasteiger partial charge on any atom is -0.444 e. The van der Waals surface area contributed by atoms with E-state index in [0.29, 0.717) is 38.0 Å². The SMILES string of the molecule is Cc1nc(C(C)(C)C)oc1CC(=O)N1CCOCC1. The Kier molecular flexibility index (Phi) is 3.94. The lowest BCUT2D eigenvalue weighted by Gasteiger charge is -2.26. The van der Waals surface area contributed by atoms with Crippen LogP contribution in [0.25, 0.3) is 0 Å². The van der Waals surface area contributed by atoms with Crippen LogP contribution in [0.3, 0.4) is 0 Å². The van der Waals surface area contributed by atoms with Crippen LogP contribution in [-0.2, 0) is 21.4 Å². The number of hydrogen-bond acceptors (Lipinski definition) is 4. The van der Waals surface area contributed by atoms with Crippen LogP contribution in [0.2, 0.25) is 0 Å². The van der Waals surface area contributed by atoms with Crippen molar-refractivity contribution in [1.82, 2.24) is 9.88 Å². The van der Waals surface area contributed by atoms with Crippen molar-refractivity contribution in [2.24, 2.45) is 0 Å². The monoisotopic (exact) mass is 266 g/mol. The van der Waals surface area contributed by atoms with E-state index in [1.54, 1.807) is 0 Å². The second-order valence-corrected chi connectivity index (χ2v) is 5.95.